The van der Waals surface area contributed by atoms with Crippen LogP contribution < -0.4 is 5.32 Å². The Morgan fingerprint density at radius 3 is 2.29 bits per heavy atom. The molecule has 0 radical (unpaired) electrons. The maximum Gasteiger partial charge on any atom is 0.237 e. The van der Waals surface area contributed by atoms with Gasteiger partial charge in [-0.15, -0.1) is 0 Å². The maximum absolute atomic E-state index is 12.7. The van der Waals surface area contributed by atoms with Gasteiger partial charge < -0.3 is 10.2 Å². The van der Waals surface area contributed by atoms with Crippen LogP contribution in [0, 0.1) is 6.92 Å². The van der Waals surface area contributed by atoms with E-state index in [9.17, 15) is 9.59 Å². The molecule has 2 unspecified atom stereocenters. The van der Waals surface area contributed by atoms with Gasteiger partial charge in [0.2, 0.25) is 11.8 Å². The van der Waals surface area contributed by atoms with E-state index in [1.54, 1.807) is 0 Å². The van der Waals surface area contributed by atoms with Crippen molar-refractivity contribution < 1.29 is 9.59 Å². The average molecular weight is 387 g/mol. The number of hydrogen-bond acceptors (Lipinski definition) is 4. The number of piperazine rings is 1. The van der Waals surface area contributed by atoms with Gasteiger partial charge in [-0.1, -0.05) is 24.3 Å². The molecule has 2 heterocycles. The molecule has 28 heavy (non-hydrogen) atoms. The molecule has 6 heteroatoms. The summed E-state index contributed by atoms with van der Waals surface area (Å²) in [7, 11) is 0. The summed E-state index contributed by atoms with van der Waals surface area (Å²) >= 11 is 0. The first-order valence-corrected chi connectivity index (χ1v) is 10.6. The number of benzene rings is 1. The van der Waals surface area contributed by atoms with Crippen LogP contribution in [0.15, 0.2) is 24.3 Å². The zero-order chi connectivity index (χ0) is 20.1. The first kappa shape index (κ1) is 20.8. The Hall–Kier alpha value is -1.92. The van der Waals surface area contributed by atoms with Crippen LogP contribution in [0.3, 0.4) is 0 Å². The van der Waals surface area contributed by atoms with E-state index in [-0.39, 0.29) is 23.9 Å². The number of nitrogens with zero attached hydrogens (tertiary/aromatic N) is 3. The van der Waals surface area contributed by atoms with E-state index in [1.807, 2.05) is 30.9 Å². The largest absolute Gasteiger partial charge is 0.348 e. The van der Waals surface area contributed by atoms with Crippen LogP contribution in [-0.2, 0) is 9.59 Å². The Labute approximate surface area is 168 Å². The Kier molecular flexibility index (Phi) is 7.08. The van der Waals surface area contributed by atoms with Crippen molar-refractivity contribution in [3.63, 3.8) is 0 Å². The fraction of sp³-hybridized carbons (Fsp3) is 0.636. The Balaban J connectivity index is 1.45. The SMILES string of the molecule is Cc1ccccc1C(C)NC(=O)C(C)N1CCN(CC(=O)N2CCCC2)CC1. The van der Waals surface area contributed by atoms with Crippen molar-refractivity contribution in [2.24, 2.45) is 0 Å². The highest BCUT2D eigenvalue weighted by atomic mass is 16.2. The molecule has 0 bridgehead atoms. The zero-order valence-electron chi connectivity index (χ0n) is 17.5. The van der Waals surface area contributed by atoms with Crippen LogP contribution in [0.4, 0.5) is 0 Å². The van der Waals surface area contributed by atoms with Crippen molar-refractivity contribution in [2.75, 3.05) is 45.8 Å². The van der Waals surface area contributed by atoms with Crippen molar-refractivity contribution in [3.05, 3.63) is 35.4 Å². The number of nitrogens with one attached hydrogen (secondary N) is 1. The van der Waals surface area contributed by atoms with Crippen molar-refractivity contribution in [3.8, 4) is 0 Å². The molecule has 2 fully saturated rings. The number of rotatable bonds is 6. The average Bonchev–Trinajstić information content (AvgIpc) is 3.23. The molecule has 0 spiro atoms. The second-order valence-electron chi connectivity index (χ2n) is 8.16. The summed E-state index contributed by atoms with van der Waals surface area (Å²) in [4.78, 5) is 31.5. The molecule has 2 aliphatic rings. The molecule has 154 valence electrons. The molecule has 1 aromatic carbocycles. The van der Waals surface area contributed by atoms with Gasteiger partial charge in [0.05, 0.1) is 18.6 Å². The third kappa shape index (κ3) is 5.11. The van der Waals surface area contributed by atoms with Gasteiger partial charge in [-0.2, -0.15) is 0 Å². The lowest BCUT2D eigenvalue weighted by Gasteiger charge is -2.37. The summed E-state index contributed by atoms with van der Waals surface area (Å²) in [6.45, 7) is 11.7. The third-order valence-corrected chi connectivity index (χ3v) is 6.17. The smallest absolute Gasteiger partial charge is 0.237 e. The molecule has 2 atom stereocenters. The van der Waals surface area contributed by atoms with Crippen molar-refractivity contribution in [1.29, 1.82) is 0 Å². The Bertz CT molecular complexity index is 679. The fourth-order valence-electron chi connectivity index (χ4n) is 4.22. The maximum atomic E-state index is 12.7. The number of aryl methyl sites for hydroxylation is 1. The van der Waals surface area contributed by atoms with Crippen LogP contribution in [0.2, 0.25) is 0 Å². The highest BCUT2D eigenvalue weighted by Gasteiger charge is 2.28. The van der Waals surface area contributed by atoms with Crippen LogP contribution in [-0.4, -0.2) is 78.4 Å². The molecule has 1 N–H and O–H groups in total. The monoisotopic (exact) mass is 386 g/mol. The number of amides is 2. The summed E-state index contributed by atoms with van der Waals surface area (Å²) in [6, 6.07) is 8.00. The van der Waals surface area contributed by atoms with Crippen LogP contribution in [0.25, 0.3) is 0 Å². The molecular weight excluding hydrogens is 352 g/mol. The van der Waals surface area contributed by atoms with E-state index in [1.165, 1.54) is 5.56 Å². The van der Waals surface area contributed by atoms with Crippen LogP contribution >= 0.6 is 0 Å². The van der Waals surface area contributed by atoms with E-state index in [4.69, 9.17) is 0 Å². The van der Waals surface area contributed by atoms with Crippen LogP contribution in [0.1, 0.15) is 43.9 Å². The number of likely N-dealkylation sites (tertiary alicyclic amines) is 1. The lowest BCUT2D eigenvalue weighted by molar-refractivity contribution is -0.133. The van der Waals surface area contributed by atoms with E-state index in [0.717, 1.165) is 57.7 Å². The Morgan fingerprint density at radius 2 is 1.64 bits per heavy atom. The molecule has 3 rings (SSSR count). The van der Waals surface area contributed by atoms with Gasteiger partial charge in [0.1, 0.15) is 0 Å². The summed E-state index contributed by atoms with van der Waals surface area (Å²) < 4.78 is 0. The molecule has 6 nitrogen and oxygen atoms in total. The summed E-state index contributed by atoms with van der Waals surface area (Å²) in [5, 5.41) is 3.16. The topological polar surface area (TPSA) is 55.9 Å². The van der Waals surface area contributed by atoms with E-state index < -0.39 is 0 Å². The molecule has 0 saturated carbocycles. The van der Waals surface area contributed by atoms with Gasteiger partial charge in [-0.05, 0) is 44.7 Å². The number of hydrogen-bond donors (Lipinski definition) is 1. The summed E-state index contributed by atoms with van der Waals surface area (Å²) in [6.07, 6.45) is 2.26. The van der Waals surface area contributed by atoms with Crippen molar-refractivity contribution in [1.82, 2.24) is 20.0 Å². The molecule has 2 aliphatic heterocycles. The number of carbonyl (C=O) groups excluding carboxylic acids is 2. The normalized spacial score (nSPS) is 20.8. The van der Waals surface area contributed by atoms with E-state index in [2.05, 4.69) is 34.2 Å². The molecule has 0 aromatic heterocycles. The van der Waals surface area contributed by atoms with Crippen molar-refractivity contribution >= 4 is 11.8 Å². The van der Waals surface area contributed by atoms with Crippen molar-refractivity contribution in [2.45, 2.75) is 45.7 Å². The minimum Gasteiger partial charge on any atom is -0.348 e. The molecular formula is C22H34N4O2. The fourth-order valence-corrected chi connectivity index (χ4v) is 4.22. The third-order valence-electron chi connectivity index (χ3n) is 6.17. The standard InChI is InChI=1S/C22H34N4O2/c1-17-8-4-5-9-20(17)18(2)23-22(28)19(3)25-14-12-24(13-15-25)16-21(27)26-10-6-7-11-26/h4-5,8-9,18-19H,6-7,10-16H2,1-3H3,(H,23,28). The van der Waals surface area contributed by atoms with Gasteiger partial charge in [-0.3, -0.25) is 19.4 Å². The molecule has 2 amide bonds. The quantitative estimate of drug-likeness (QED) is 0.810. The Morgan fingerprint density at radius 1 is 1.00 bits per heavy atom. The van der Waals surface area contributed by atoms with Gasteiger partial charge in [0.15, 0.2) is 0 Å². The van der Waals surface area contributed by atoms with Crippen LogP contribution in [0.5, 0.6) is 0 Å². The number of carbonyl (C=O) groups is 2. The van der Waals surface area contributed by atoms with Gasteiger partial charge >= 0.3 is 0 Å². The second-order valence-corrected chi connectivity index (χ2v) is 8.16. The summed E-state index contributed by atoms with van der Waals surface area (Å²) in [5.74, 6) is 0.321. The first-order chi connectivity index (χ1) is 13.5. The molecule has 0 aliphatic carbocycles. The lowest BCUT2D eigenvalue weighted by atomic mass is 10.0. The molecule has 1 aromatic rings. The molecule has 2 saturated heterocycles. The van der Waals surface area contributed by atoms with Gasteiger partial charge in [0, 0.05) is 39.3 Å². The predicted octanol–water partition coefficient (Wildman–Crippen LogP) is 1.80. The van der Waals surface area contributed by atoms with E-state index in [0.29, 0.717) is 6.54 Å². The minimum atomic E-state index is -0.164. The lowest BCUT2D eigenvalue weighted by Crippen LogP contribution is -2.55. The minimum absolute atomic E-state index is 0.00415. The highest BCUT2D eigenvalue weighted by Crippen LogP contribution is 2.17. The van der Waals surface area contributed by atoms with Gasteiger partial charge in [-0.25, -0.2) is 0 Å². The zero-order valence-corrected chi connectivity index (χ0v) is 17.5. The highest BCUT2D eigenvalue weighted by molar-refractivity contribution is 5.82. The predicted molar refractivity (Wildman–Crippen MR) is 111 cm³/mol. The van der Waals surface area contributed by atoms with Gasteiger partial charge in [0.25, 0.3) is 0 Å². The van der Waals surface area contributed by atoms with E-state index >= 15 is 0 Å². The second kappa shape index (κ2) is 9.52. The summed E-state index contributed by atoms with van der Waals surface area (Å²) in [5.41, 5.74) is 2.35. The first-order valence-electron chi connectivity index (χ1n) is 10.6.